The Hall–Kier alpha value is -2.17. The van der Waals surface area contributed by atoms with Gasteiger partial charge in [0.25, 0.3) is 0 Å². The van der Waals surface area contributed by atoms with Crippen LogP contribution in [0.15, 0.2) is 65.1 Å². The minimum absolute atomic E-state index is 0.439. The second-order valence-electron chi connectivity index (χ2n) is 6.25. The summed E-state index contributed by atoms with van der Waals surface area (Å²) in [5, 5.41) is 3.91. The van der Waals surface area contributed by atoms with Gasteiger partial charge in [-0.25, -0.2) is 0 Å². The lowest BCUT2D eigenvalue weighted by atomic mass is 10.1. The van der Waals surface area contributed by atoms with E-state index in [2.05, 4.69) is 40.3 Å². The minimum Gasteiger partial charge on any atom is -0.493 e. The highest BCUT2D eigenvalue weighted by molar-refractivity contribution is 9.10. The molecule has 1 N–H and O–H groups in total. The highest BCUT2D eigenvalue weighted by atomic mass is 79.9. The molecular formula is C22H21BrClNO2. The Morgan fingerprint density at radius 3 is 2.48 bits per heavy atom. The smallest absolute Gasteiger partial charge is 0.180 e. The van der Waals surface area contributed by atoms with Crippen LogP contribution in [0, 0.1) is 6.92 Å². The van der Waals surface area contributed by atoms with Gasteiger partial charge in [-0.3, -0.25) is 0 Å². The maximum Gasteiger partial charge on any atom is 0.180 e. The Kier molecular flexibility index (Phi) is 6.64. The molecule has 0 radical (unpaired) electrons. The second kappa shape index (κ2) is 9.16. The van der Waals surface area contributed by atoms with E-state index in [0.29, 0.717) is 29.7 Å². The summed E-state index contributed by atoms with van der Waals surface area (Å²) in [7, 11) is 1.62. The first-order valence-electron chi connectivity index (χ1n) is 8.59. The Morgan fingerprint density at radius 1 is 1.00 bits per heavy atom. The fourth-order valence-corrected chi connectivity index (χ4v) is 3.30. The highest BCUT2D eigenvalue weighted by Crippen LogP contribution is 2.37. The largest absolute Gasteiger partial charge is 0.493 e. The van der Waals surface area contributed by atoms with Crippen LogP contribution in [0.25, 0.3) is 0 Å². The van der Waals surface area contributed by atoms with Crippen molar-refractivity contribution in [3.05, 3.63) is 86.8 Å². The van der Waals surface area contributed by atoms with Gasteiger partial charge >= 0.3 is 0 Å². The molecule has 0 aliphatic heterocycles. The van der Waals surface area contributed by atoms with E-state index < -0.39 is 0 Å². The summed E-state index contributed by atoms with van der Waals surface area (Å²) >= 11 is 9.91. The Bertz CT molecular complexity index is 913. The topological polar surface area (TPSA) is 30.5 Å². The van der Waals surface area contributed by atoms with E-state index in [9.17, 15) is 0 Å². The van der Waals surface area contributed by atoms with Crippen molar-refractivity contribution in [2.24, 2.45) is 0 Å². The van der Waals surface area contributed by atoms with Gasteiger partial charge in [0, 0.05) is 16.7 Å². The summed E-state index contributed by atoms with van der Waals surface area (Å²) in [4.78, 5) is 0. The molecule has 0 atom stereocenters. The first kappa shape index (κ1) is 19.6. The van der Waals surface area contributed by atoms with Gasteiger partial charge in [-0.05, 0) is 54.4 Å². The van der Waals surface area contributed by atoms with Crippen LogP contribution in [0.4, 0.5) is 5.69 Å². The normalized spacial score (nSPS) is 10.5. The van der Waals surface area contributed by atoms with Crippen molar-refractivity contribution >= 4 is 33.2 Å². The molecule has 27 heavy (non-hydrogen) atoms. The van der Waals surface area contributed by atoms with Crippen molar-refractivity contribution in [3.8, 4) is 11.5 Å². The number of hydrogen-bond donors (Lipinski definition) is 1. The molecule has 0 amide bonds. The van der Waals surface area contributed by atoms with E-state index in [4.69, 9.17) is 21.1 Å². The third kappa shape index (κ3) is 5.41. The predicted molar refractivity (Wildman–Crippen MR) is 115 cm³/mol. The zero-order chi connectivity index (χ0) is 19.2. The average molecular weight is 447 g/mol. The Balaban J connectivity index is 1.71. The maximum atomic E-state index is 6.47. The molecule has 0 aliphatic carbocycles. The lowest BCUT2D eigenvalue weighted by molar-refractivity contribution is 0.284. The Morgan fingerprint density at radius 2 is 1.78 bits per heavy atom. The summed E-state index contributed by atoms with van der Waals surface area (Å²) in [5.41, 5.74) is 4.34. The summed E-state index contributed by atoms with van der Waals surface area (Å²) < 4.78 is 12.5. The Labute approximate surface area is 173 Å². The molecule has 5 heteroatoms. The molecule has 0 aromatic heterocycles. The summed E-state index contributed by atoms with van der Waals surface area (Å²) in [6, 6.07) is 20.1. The van der Waals surface area contributed by atoms with Crippen molar-refractivity contribution in [3.63, 3.8) is 0 Å². The quantitative estimate of drug-likeness (QED) is 0.443. The molecule has 0 bridgehead atoms. The van der Waals surface area contributed by atoms with Crippen molar-refractivity contribution in [2.45, 2.75) is 20.1 Å². The molecule has 0 fully saturated rings. The zero-order valence-corrected chi connectivity index (χ0v) is 17.6. The molecule has 3 aromatic rings. The van der Waals surface area contributed by atoms with Crippen LogP contribution in [-0.2, 0) is 13.2 Å². The summed E-state index contributed by atoms with van der Waals surface area (Å²) in [6.07, 6.45) is 0. The fraction of sp³-hybridized carbons (Fsp3) is 0.182. The van der Waals surface area contributed by atoms with Gasteiger partial charge < -0.3 is 14.8 Å². The van der Waals surface area contributed by atoms with Crippen molar-refractivity contribution in [2.75, 3.05) is 12.4 Å². The molecule has 3 aromatic carbocycles. The van der Waals surface area contributed by atoms with Crippen LogP contribution in [0.5, 0.6) is 11.5 Å². The number of aryl methyl sites for hydroxylation is 1. The molecule has 140 valence electrons. The number of hydrogen-bond acceptors (Lipinski definition) is 3. The molecule has 0 aliphatic rings. The van der Waals surface area contributed by atoms with E-state index in [0.717, 1.165) is 21.3 Å². The van der Waals surface area contributed by atoms with Gasteiger partial charge in [-0.2, -0.15) is 0 Å². The van der Waals surface area contributed by atoms with Crippen LogP contribution in [0.3, 0.4) is 0 Å². The average Bonchev–Trinajstić information content (AvgIpc) is 2.66. The van der Waals surface area contributed by atoms with Crippen LogP contribution in [-0.4, -0.2) is 7.11 Å². The number of nitrogens with one attached hydrogen (secondary N) is 1. The zero-order valence-electron chi connectivity index (χ0n) is 15.3. The maximum absolute atomic E-state index is 6.47. The van der Waals surface area contributed by atoms with Crippen molar-refractivity contribution in [1.82, 2.24) is 0 Å². The number of anilines is 1. The van der Waals surface area contributed by atoms with Gasteiger partial charge in [0.05, 0.1) is 12.1 Å². The molecule has 3 rings (SSSR count). The van der Waals surface area contributed by atoms with Gasteiger partial charge in [0.2, 0.25) is 0 Å². The van der Waals surface area contributed by atoms with E-state index in [1.165, 1.54) is 5.56 Å². The van der Waals surface area contributed by atoms with Crippen LogP contribution in [0.2, 0.25) is 5.02 Å². The number of benzene rings is 3. The van der Waals surface area contributed by atoms with Crippen molar-refractivity contribution < 1.29 is 9.47 Å². The van der Waals surface area contributed by atoms with Gasteiger partial charge in [-0.1, -0.05) is 57.4 Å². The third-order valence-corrected chi connectivity index (χ3v) is 4.91. The first-order valence-corrected chi connectivity index (χ1v) is 9.76. The SMILES string of the molecule is COc1cc(CNc2ccc(Br)cc2)cc(Cl)c1OCc1cccc(C)c1. The summed E-state index contributed by atoms with van der Waals surface area (Å²) in [5.74, 6) is 1.19. The lowest BCUT2D eigenvalue weighted by Gasteiger charge is -2.15. The van der Waals surface area contributed by atoms with E-state index in [-0.39, 0.29) is 0 Å². The second-order valence-corrected chi connectivity index (χ2v) is 7.57. The van der Waals surface area contributed by atoms with E-state index in [1.807, 2.05) is 48.5 Å². The predicted octanol–water partition coefficient (Wildman–Crippen LogP) is 6.61. The monoisotopic (exact) mass is 445 g/mol. The fourth-order valence-electron chi connectivity index (χ4n) is 2.74. The molecule has 0 unspecified atom stereocenters. The van der Waals surface area contributed by atoms with E-state index >= 15 is 0 Å². The summed E-state index contributed by atoms with van der Waals surface area (Å²) in [6.45, 7) is 3.13. The lowest BCUT2D eigenvalue weighted by Crippen LogP contribution is -2.02. The number of halogens is 2. The molecule has 0 saturated heterocycles. The number of methoxy groups -OCH3 is 1. The molecular weight excluding hydrogens is 426 g/mol. The number of ether oxygens (including phenoxy) is 2. The number of rotatable bonds is 7. The first-order chi connectivity index (χ1) is 13.0. The van der Waals surface area contributed by atoms with E-state index in [1.54, 1.807) is 7.11 Å². The molecule has 3 nitrogen and oxygen atoms in total. The van der Waals surface area contributed by atoms with Gasteiger partial charge in [0.1, 0.15) is 6.61 Å². The third-order valence-electron chi connectivity index (χ3n) is 4.10. The van der Waals surface area contributed by atoms with Gasteiger partial charge in [-0.15, -0.1) is 0 Å². The van der Waals surface area contributed by atoms with Gasteiger partial charge in [0.15, 0.2) is 11.5 Å². The van der Waals surface area contributed by atoms with Crippen molar-refractivity contribution in [1.29, 1.82) is 0 Å². The van der Waals surface area contributed by atoms with Crippen LogP contribution < -0.4 is 14.8 Å². The minimum atomic E-state index is 0.439. The standard InChI is InChI=1S/C22H21BrClNO2/c1-15-4-3-5-16(10-15)14-27-22-20(24)11-17(12-21(22)26-2)13-25-19-8-6-18(23)7-9-19/h3-12,25H,13-14H2,1-2H3. The molecule has 0 saturated carbocycles. The van der Waals surface area contributed by atoms with Crippen LogP contribution >= 0.6 is 27.5 Å². The van der Waals surface area contributed by atoms with Crippen LogP contribution in [0.1, 0.15) is 16.7 Å². The highest BCUT2D eigenvalue weighted by Gasteiger charge is 2.12. The molecule has 0 spiro atoms. The molecule has 0 heterocycles.